The Kier molecular flexibility index (Phi) is 5.61. The fraction of sp³-hybridized carbons (Fsp3) is 0.231. The third kappa shape index (κ3) is 3.94. The van der Waals surface area contributed by atoms with Gasteiger partial charge in [-0.15, -0.1) is 11.3 Å². The Morgan fingerprint density at radius 2 is 1.95 bits per heavy atom. The van der Waals surface area contributed by atoms with Crippen LogP contribution in [0, 0.1) is 0 Å². The maximum absolute atomic E-state index is 12.6. The van der Waals surface area contributed by atoms with E-state index in [9.17, 15) is 8.42 Å². The van der Waals surface area contributed by atoms with E-state index in [4.69, 9.17) is 5.11 Å². The van der Waals surface area contributed by atoms with E-state index in [1.165, 1.54) is 21.7 Å². The van der Waals surface area contributed by atoms with Crippen molar-refractivity contribution in [3.8, 4) is 0 Å². The van der Waals surface area contributed by atoms with E-state index in [1.807, 2.05) is 11.4 Å². The predicted octanol–water partition coefficient (Wildman–Crippen LogP) is 3.59. The van der Waals surface area contributed by atoms with Gasteiger partial charge in [-0.1, -0.05) is 6.07 Å². The molecule has 2 aromatic rings. The molecule has 4 nitrogen and oxygen atoms in total. The summed E-state index contributed by atoms with van der Waals surface area (Å²) in [5, 5.41) is 11.0. The molecule has 2 rings (SSSR count). The number of benzene rings is 1. The zero-order valence-corrected chi connectivity index (χ0v) is 15.9. The van der Waals surface area contributed by atoms with Crippen LogP contribution in [0.3, 0.4) is 0 Å². The SMILES string of the molecule is CN(Cc1csc(Br)c1)S(=O)(=O)c1ccc(CO)cc1Br. The summed E-state index contributed by atoms with van der Waals surface area (Å²) in [5.41, 5.74) is 1.59. The molecule has 0 aliphatic rings. The maximum atomic E-state index is 12.6. The zero-order chi connectivity index (χ0) is 15.6. The fourth-order valence-electron chi connectivity index (χ4n) is 1.79. The van der Waals surface area contributed by atoms with Crippen molar-refractivity contribution < 1.29 is 13.5 Å². The molecule has 114 valence electrons. The van der Waals surface area contributed by atoms with Crippen LogP contribution in [0.4, 0.5) is 0 Å². The quantitative estimate of drug-likeness (QED) is 0.750. The van der Waals surface area contributed by atoms with Crippen LogP contribution in [-0.2, 0) is 23.2 Å². The number of aliphatic hydroxyl groups excluding tert-OH is 1. The molecule has 0 unspecified atom stereocenters. The lowest BCUT2D eigenvalue weighted by Gasteiger charge is -2.18. The summed E-state index contributed by atoms with van der Waals surface area (Å²) in [6.07, 6.45) is 0. The normalized spacial score (nSPS) is 12.0. The summed E-state index contributed by atoms with van der Waals surface area (Å²) >= 11 is 8.14. The number of hydrogen-bond acceptors (Lipinski definition) is 4. The lowest BCUT2D eigenvalue weighted by Crippen LogP contribution is -2.26. The van der Waals surface area contributed by atoms with Crippen molar-refractivity contribution in [1.29, 1.82) is 0 Å². The van der Waals surface area contributed by atoms with Crippen molar-refractivity contribution in [3.05, 3.63) is 49.0 Å². The Morgan fingerprint density at radius 1 is 1.24 bits per heavy atom. The van der Waals surface area contributed by atoms with Gasteiger partial charge in [0.15, 0.2) is 0 Å². The molecule has 8 heteroatoms. The van der Waals surface area contributed by atoms with Crippen LogP contribution < -0.4 is 0 Å². The number of nitrogens with zero attached hydrogens (tertiary/aromatic N) is 1. The first kappa shape index (κ1) is 17.1. The summed E-state index contributed by atoms with van der Waals surface area (Å²) in [6, 6.07) is 6.63. The van der Waals surface area contributed by atoms with E-state index in [-0.39, 0.29) is 11.5 Å². The topological polar surface area (TPSA) is 57.6 Å². The third-order valence-corrected chi connectivity index (χ3v) is 7.23. The van der Waals surface area contributed by atoms with Gasteiger partial charge in [-0.2, -0.15) is 4.31 Å². The molecule has 1 N–H and O–H groups in total. The van der Waals surface area contributed by atoms with Crippen LogP contribution in [0.25, 0.3) is 0 Å². The number of thiophene rings is 1. The van der Waals surface area contributed by atoms with Crippen LogP contribution in [-0.4, -0.2) is 24.9 Å². The van der Waals surface area contributed by atoms with E-state index < -0.39 is 10.0 Å². The van der Waals surface area contributed by atoms with E-state index in [0.717, 1.165) is 9.35 Å². The Balaban J connectivity index is 2.28. The lowest BCUT2D eigenvalue weighted by molar-refractivity contribution is 0.281. The Morgan fingerprint density at radius 3 is 2.48 bits per heavy atom. The van der Waals surface area contributed by atoms with Gasteiger partial charge in [0.05, 0.1) is 15.3 Å². The van der Waals surface area contributed by atoms with Gasteiger partial charge in [0, 0.05) is 18.1 Å². The van der Waals surface area contributed by atoms with Crippen molar-refractivity contribution >= 4 is 53.2 Å². The summed E-state index contributed by atoms with van der Waals surface area (Å²) in [7, 11) is -2.04. The molecule has 0 aliphatic carbocycles. The number of halogens is 2. The van der Waals surface area contributed by atoms with Gasteiger partial charge in [0.25, 0.3) is 0 Å². The first-order valence-electron chi connectivity index (χ1n) is 5.93. The second-order valence-electron chi connectivity index (χ2n) is 4.44. The Bertz CT molecular complexity index is 744. The van der Waals surface area contributed by atoms with Crippen LogP contribution in [0.1, 0.15) is 11.1 Å². The molecular weight excluding hydrogens is 442 g/mol. The standard InChI is InChI=1S/C13H13Br2NO3S2/c1-16(6-10-5-13(15)20-8-10)21(18,19)12-3-2-9(7-17)4-11(12)14/h2-5,8,17H,6-7H2,1H3. The minimum absolute atomic E-state index is 0.127. The maximum Gasteiger partial charge on any atom is 0.244 e. The molecule has 0 radical (unpaired) electrons. The van der Waals surface area contributed by atoms with Gasteiger partial charge in [-0.05, 0) is 66.6 Å². The van der Waals surface area contributed by atoms with Crippen LogP contribution in [0.5, 0.6) is 0 Å². The van der Waals surface area contributed by atoms with E-state index >= 15 is 0 Å². The van der Waals surface area contributed by atoms with Crippen molar-refractivity contribution in [2.45, 2.75) is 18.0 Å². The molecule has 21 heavy (non-hydrogen) atoms. The second kappa shape index (κ2) is 6.89. The second-order valence-corrected chi connectivity index (χ2v) is 9.60. The van der Waals surface area contributed by atoms with Gasteiger partial charge in [-0.3, -0.25) is 0 Å². The molecule has 0 aliphatic heterocycles. The fourth-order valence-corrected chi connectivity index (χ4v) is 5.23. The molecule has 0 atom stereocenters. The number of hydrogen-bond donors (Lipinski definition) is 1. The monoisotopic (exact) mass is 453 g/mol. The van der Waals surface area contributed by atoms with Crippen LogP contribution >= 0.6 is 43.2 Å². The van der Waals surface area contributed by atoms with Gasteiger partial charge in [0.1, 0.15) is 0 Å². The average molecular weight is 455 g/mol. The predicted molar refractivity (Wildman–Crippen MR) is 90.7 cm³/mol. The largest absolute Gasteiger partial charge is 0.392 e. The number of aliphatic hydroxyl groups is 1. The molecule has 0 fully saturated rings. The zero-order valence-electron chi connectivity index (χ0n) is 11.1. The summed E-state index contributed by atoms with van der Waals surface area (Å²) in [6.45, 7) is 0.177. The van der Waals surface area contributed by atoms with Gasteiger partial charge < -0.3 is 5.11 Å². The van der Waals surface area contributed by atoms with Gasteiger partial charge in [0.2, 0.25) is 10.0 Å². The molecule has 1 heterocycles. The minimum Gasteiger partial charge on any atom is -0.392 e. The van der Waals surface area contributed by atoms with Crippen LogP contribution in [0.2, 0.25) is 0 Å². The Labute approximate surface area is 144 Å². The van der Waals surface area contributed by atoms with Crippen molar-refractivity contribution in [2.24, 2.45) is 0 Å². The van der Waals surface area contributed by atoms with E-state index in [0.29, 0.717) is 16.6 Å². The van der Waals surface area contributed by atoms with Crippen molar-refractivity contribution in [3.63, 3.8) is 0 Å². The van der Waals surface area contributed by atoms with Crippen LogP contribution in [0.15, 0.2) is 42.8 Å². The minimum atomic E-state index is -3.59. The van der Waals surface area contributed by atoms with Gasteiger partial charge >= 0.3 is 0 Å². The summed E-state index contributed by atoms with van der Waals surface area (Å²) in [5.74, 6) is 0. The smallest absolute Gasteiger partial charge is 0.244 e. The third-order valence-electron chi connectivity index (χ3n) is 2.89. The van der Waals surface area contributed by atoms with Gasteiger partial charge in [-0.25, -0.2) is 8.42 Å². The average Bonchev–Trinajstić information content (AvgIpc) is 2.83. The van der Waals surface area contributed by atoms with Crippen molar-refractivity contribution in [1.82, 2.24) is 4.31 Å². The molecule has 1 aromatic carbocycles. The van der Waals surface area contributed by atoms with Crippen molar-refractivity contribution in [2.75, 3.05) is 7.05 Å². The highest BCUT2D eigenvalue weighted by molar-refractivity contribution is 9.11. The van der Waals surface area contributed by atoms with E-state index in [2.05, 4.69) is 31.9 Å². The summed E-state index contributed by atoms with van der Waals surface area (Å²) < 4.78 is 27.9. The molecule has 0 spiro atoms. The highest BCUT2D eigenvalue weighted by Gasteiger charge is 2.23. The Hall–Kier alpha value is -0.250. The lowest BCUT2D eigenvalue weighted by atomic mass is 10.2. The molecule has 0 saturated heterocycles. The number of sulfonamides is 1. The molecule has 0 amide bonds. The molecular formula is C13H13Br2NO3S2. The highest BCUT2D eigenvalue weighted by atomic mass is 79.9. The molecule has 0 saturated carbocycles. The first-order valence-corrected chi connectivity index (χ1v) is 9.83. The van der Waals surface area contributed by atoms with E-state index in [1.54, 1.807) is 19.2 Å². The molecule has 0 bridgehead atoms. The first-order chi connectivity index (χ1) is 9.84. The highest BCUT2D eigenvalue weighted by Crippen LogP contribution is 2.28. The summed E-state index contributed by atoms with van der Waals surface area (Å²) in [4.78, 5) is 0.191. The number of rotatable bonds is 5. The molecule has 1 aromatic heterocycles.